The Labute approximate surface area is 362 Å². The van der Waals surface area contributed by atoms with Gasteiger partial charge in [-0.3, -0.25) is 14.5 Å². The average Bonchev–Trinajstić information content (AvgIpc) is 4.12. The Kier molecular flexibility index (Phi) is 13.1. The number of rotatable bonds is 11. The van der Waals surface area contributed by atoms with Crippen LogP contribution in [0.25, 0.3) is 33.6 Å². The van der Waals surface area contributed by atoms with Gasteiger partial charge >= 0.3 is 12.2 Å². The van der Waals surface area contributed by atoms with E-state index in [9.17, 15) is 24.3 Å². The number of imidazole rings is 2. The van der Waals surface area contributed by atoms with Crippen LogP contribution < -0.4 is 5.32 Å². The van der Waals surface area contributed by atoms with E-state index in [0.717, 1.165) is 75.4 Å². The first-order valence-corrected chi connectivity index (χ1v) is 21.2. The number of H-pyrrole nitrogens is 2. The molecule has 322 valence electrons. The number of carboxylic acid groups (broad SMARTS) is 1. The summed E-state index contributed by atoms with van der Waals surface area (Å²) < 4.78 is 4.75. The number of aromatic amines is 2. The lowest BCUT2D eigenvalue weighted by atomic mass is 10.0. The smallest absolute Gasteiger partial charge is 0.407 e. The zero-order valence-corrected chi connectivity index (χ0v) is 36.0. The van der Waals surface area contributed by atoms with Crippen LogP contribution >= 0.6 is 0 Å². The topological polar surface area (TPSA) is 177 Å². The van der Waals surface area contributed by atoms with E-state index in [4.69, 9.17) is 14.7 Å². The van der Waals surface area contributed by atoms with Crippen LogP contribution in [-0.4, -0.2) is 103 Å². The van der Waals surface area contributed by atoms with Gasteiger partial charge in [0, 0.05) is 54.8 Å². The van der Waals surface area contributed by atoms with E-state index in [0.29, 0.717) is 24.7 Å². The lowest BCUT2D eigenvalue weighted by molar-refractivity contribution is -0.138. The highest BCUT2D eigenvalue weighted by atomic mass is 16.5. The van der Waals surface area contributed by atoms with Gasteiger partial charge in [-0.15, -0.1) is 0 Å². The number of likely N-dealkylation sites (tertiary alicyclic amines) is 2. The number of benzene rings is 3. The zero-order valence-electron chi connectivity index (χ0n) is 36.0. The third-order valence-corrected chi connectivity index (χ3v) is 11.8. The maximum Gasteiger partial charge on any atom is 0.407 e. The number of alkyl carbamates (subject to hydrolysis) is 1. The van der Waals surface area contributed by atoms with Crippen molar-refractivity contribution in [2.45, 2.75) is 77.5 Å². The van der Waals surface area contributed by atoms with Crippen molar-refractivity contribution in [1.29, 1.82) is 0 Å². The Bertz CT molecular complexity index is 2440. The molecule has 2 aliphatic rings. The third-order valence-electron chi connectivity index (χ3n) is 11.8. The summed E-state index contributed by atoms with van der Waals surface area (Å²) in [5.41, 5.74) is 7.29. The normalized spacial score (nSPS) is 17.1. The quantitative estimate of drug-likeness (QED) is 0.0972. The number of carbonyl (C=O) groups is 4. The van der Waals surface area contributed by atoms with Crippen molar-refractivity contribution in [3.8, 4) is 45.5 Å². The summed E-state index contributed by atoms with van der Waals surface area (Å²) in [6.45, 7) is 8.67. The SMILES string of the molecule is COC(=O)N[C@H](C(=O)N1CCC[C@H]1c1nc(-c2ccc(C#Cc3ccc(-c4ccc(-c5c[nH]c([C@@H]6CCCN6C(=O)[C@H](C(C)C)N(C)C(=O)O)n5)cc4)cc3)cc2)c[nH]1)C(C)C. The minimum absolute atomic E-state index is 0.107. The van der Waals surface area contributed by atoms with E-state index in [1.54, 1.807) is 9.80 Å². The molecule has 2 aromatic heterocycles. The van der Waals surface area contributed by atoms with Crippen LogP contribution in [-0.2, 0) is 14.3 Å². The molecule has 7 rings (SSSR count). The molecule has 0 radical (unpaired) electrons. The molecule has 14 nitrogen and oxygen atoms in total. The molecule has 2 fully saturated rings. The standard InChI is InChI=1S/C48H54N8O6/c1-29(2)41(53-47(59)62-6)45(57)55-25-7-9-39(55)43-49-27-37(51-43)35-19-15-32(16-20-35)12-11-31-13-17-33(18-14-31)34-21-23-36(24-22-34)38-28-50-44(52-38)40-10-8-26-56(40)46(58)42(30(3)4)54(5)48(60)61/h13-24,27-30,39-42H,7-10,25-26H2,1-6H3,(H,49,51)(H,50,52)(H,53,59)(H,60,61)/t39-,40-,41-,42-/m0/s1. The zero-order chi connectivity index (χ0) is 44.1. The third kappa shape index (κ3) is 9.37. The molecule has 4 atom stereocenters. The van der Waals surface area contributed by atoms with Crippen molar-refractivity contribution in [3.63, 3.8) is 0 Å². The number of ether oxygens (including phenoxy) is 1. The van der Waals surface area contributed by atoms with E-state index >= 15 is 0 Å². The number of nitrogens with one attached hydrogen (secondary N) is 3. The van der Waals surface area contributed by atoms with Crippen LogP contribution in [0, 0.1) is 23.7 Å². The number of nitrogens with zero attached hydrogens (tertiary/aromatic N) is 5. The number of aromatic nitrogens is 4. The summed E-state index contributed by atoms with van der Waals surface area (Å²) in [6.07, 6.45) is 5.16. The predicted molar refractivity (Wildman–Crippen MR) is 235 cm³/mol. The number of hydrogen-bond donors (Lipinski definition) is 4. The Hall–Kier alpha value is -6.88. The maximum atomic E-state index is 13.6. The fourth-order valence-electron chi connectivity index (χ4n) is 8.45. The highest BCUT2D eigenvalue weighted by Gasteiger charge is 2.40. The van der Waals surface area contributed by atoms with Crippen molar-refractivity contribution in [2.24, 2.45) is 11.8 Å². The minimum Gasteiger partial charge on any atom is -0.465 e. The van der Waals surface area contributed by atoms with E-state index in [-0.39, 0.29) is 35.7 Å². The van der Waals surface area contributed by atoms with Crippen LogP contribution in [0.3, 0.4) is 0 Å². The van der Waals surface area contributed by atoms with E-state index in [2.05, 4.69) is 51.4 Å². The van der Waals surface area contributed by atoms with Gasteiger partial charge in [0.2, 0.25) is 11.8 Å². The summed E-state index contributed by atoms with van der Waals surface area (Å²) in [6, 6.07) is 22.3. The van der Waals surface area contributed by atoms with Gasteiger partial charge in [-0.05, 0) is 72.9 Å². The van der Waals surface area contributed by atoms with Crippen molar-refractivity contribution in [3.05, 3.63) is 108 Å². The van der Waals surface area contributed by atoms with Gasteiger partial charge in [0.15, 0.2) is 0 Å². The molecule has 5 aromatic rings. The molecule has 0 saturated carbocycles. The number of likely N-dealkylation sites (N-methyl/N-ethyl adjacent to an activating group) is 1. The van der Waals surface area contributed by atoms with Crippen molar-refractivity contribution < 1.29 is 29.0 Å². The summed E-state index contributed by atoms with van der Waals surface area (Å²) >= 11 is 0. The first kappa shape index (κ1) is 43.2. The second kappa shape index (κ2) is 18.8. The summed E-state index contributed by atoms with van der Waals surface area (Å²) in [7, 11) is 2.74. The Morgan fingerprint density at radius 2 is 1.15 bits per heavy atom. The minimum atomic E-state index is -1.12. The monoisotopic (exact) mass is 838 g/mol. The van der Waals surface area contributed by atoms with E-state index in [1.165, 1.54) is 14.2 Å². The van der Waals surface area contributed by atoms with E-state index < -0.39 is 24.3 Å². The van der Waals surface area contributed by atoms with Gasteiger partial charge in [0.25, 0.3) is 0 Å². The summed E-state index contributed by atoms with van der Waals surface area (Å²) in [4.78, 5) is 71.8. The number of hydrogen-bond acceptors (Lipinski definition) is 7. The van der Waals surface area contributed by atoms with Gasteiger partial charge in [-0.1, -0.05) is 88.1 Å². The Morgan fingerprint density at radius 1 is 0.710 bits per heavy atom. The molecule has 62 heavy (non-hydrogen) atoms. The maximum absolute atomic E-state index is 13.6. The summed E-state index contributed by atoms with van der Waals surface area (Å²) in [5.74, 6) is 7.33. The fourth-order valence-corrected chi connectivity index (χ4v) is 8.45. The molecule has 0 bridgehead atoms. The van der Waals surface area contributed by atoms with Crippen LogP contribution in [0.1, 0.15) is 88.2 Å². The second-order valence-corrected chi connectivity index (χ2v) is 16.6. The molecule has 2 saturated heterocycles. The molecule has 14 heteroatoms. The molecular formula is C48H54N8O6. The van der Waals surface area contributed by atoms with Crippen LogP contribution in [0.5, 0.6) is 0 Å². The fraction of sp³-hybridized carbons (Fsp3) is 0.375. The first-order chi connectivity index (χ1) is 29.8. The molecule has 0 unspecified atom stereocenters. The molecule has 4 heterocycles. The highest BCUT2D eigenvalue weighted by molar-refractivity contribution is 5.87. The molecular weight excluding hydrogens is 785 g/mol. The van der Waals surface area contributed by atoms with Crippen LogP contribution in [0.4, 0.5) is 9.59 Å². The van der Waals surface area contributed by atoms with Gasteiger partial charge in [-0.25, -0.2) is 19.6 Å². The van der Waals surface area contributed by atoms with Gasteiger partial charge < -0.3 is 34.9 Å². The van der Waals surface area contributed by atoms with Crippen molar-refractivity contribution in [1.82, 2.24) is 40.0 Å². The molecule has 0 spiro atoms. The Morgan fingerprint density at radius 3 is 1.58 bits per heavy atom. The number of methoxy groups -OCH3 is 1. The van der Waals surface area contributed by atoms with Crippen molar-refractivity contribution >= 4 is 24.0 Å². The number of amides is 4. The molecule has 2 aliphatic heterocycles. The van der Waals surface area contributed by atoms with Gasteiger partial charge in [-0.2, -0.15) is 0 Å². The van der Waals surface area contributed by atoms with Crippen molar-refractivity contribution in [2.75, 3.05) is 27.2 Å². The van der Waals surface area contributed by atoms with E-state index in [1.807, 2.05) is 88.6 Å². The lowest BCUT2D eigenvalue weighted by Gasteiger charge is -2.33. The van der Waals surface area contributed by atoms with Gasteiger partial charge in [0.05, 0.1) is 30.6 Å². The highest BCUT2D eigenvalue weighted by Crippen LogP contribution is 2.35. The number of carbonyl (C=O) groups excluding carboxylic acids is 3. The van der Waals surface area contributed by atoms with Crippen LogP contribution in [0.2, 0.25) is 0 Å². The molecule has 4 amide bonds. The predicted octanol–water partition coefficient (Wildman–Crippen LogP) is 7.88. The Balaban J connectivity index is 0.958. The molecule has 0 aliphatic carbocycles. The summed E-state index contributed by atoms with van der Waals surface area (Å²) in [5, 5.41) is 12.3. The lowest BCUT2D eigenvalue weighted by Crippen LogP contribution is -2.51. The second-order valence-electron chi connectivity index (χ2n) is 16.6. The van der Waals surface area contributed by atoms with Gasteiger partial charge in [0.1, 0.15) is 23.7 Å². The molecule has 3 aromatic carbocycles. The van der Waals surface area contributed by atoms with Crippen LogP contribution in [0.15, 0.2) is 85.2 Å². The average molecular weight is 839 g/mol. The molecule has 4 N–H and O–H groups in total. The first-order valence-electron chi connectivity index (χ1n) is 21.2. The largest absolute Gasteiger partial charge is 0.465 e.